The number of anilines is 1. The van der Waals surface area contributed by atoms with Crippen molar-refractivity contribution in [1.29, 1.82) is 0 Å². The summed E-state index contributed by atoms with van der Waals surface area (Å²) in [7, 11) is 3.29. The Labute approximate surface area is 152 Å². The first-order valence-electron chi connectivity index (χ1n) is 8.80. The SMILES string of the molecule is COc1cccc(NC(=O)C2CCc3[nH]c4ccc(OC)cc4c3C2)c1. The van der Waals surface area contributed by atoms with E-state index in [1.54, 1.807) is 14.2 Å². The molecule has 134 valence electrons. The molecule has 1 amide bonds. The zero-order valence-corrected chi connectivity index (χ0v) is 15.0. The normalized spacial score (nSPS) is 16.2. The van der Waals surface area contributed by atoms with E-state index in [9.17, 15) is 4.79 Å². The number of fused-ring (bicyclic) bond motifs is 3. The molecule has 26 heavy (non-hydrogen) atoms. The summed E-state index contributed by atoms with van der Waals surface area (Å²) in [5.74, 6) is 1.58. The van der Waals surface area contributed by atoms with Gasteiger partial charge in [-0.1, -0.05) is 6.07 Å². The number of nitrogens with one attached hydrogen (secondary N) is 2. The smallest absolute Gasteiger partial charge is 0.227 e. The van der Waals surface area contributed by atoms with E-state index in [2.05, 4.69) is 10.3 Å². The highest BCUT2D eigenvalue weighted by atomic mass is 16.5. The van der Waals surface area contributed by atoms with E-state index in [0.29, 0.717) is 0 Å². The van der Waals surface area contributed by atoms with Gasteiger partial charge < -0.3 is 19.8 Å². The Kier molecular flexibility index (Phi) is 4.29. The molecule has 2 aromatic carbocycles. The molecule has 0 saturated carbocycles. The minimum absolute atomic E-state index is 0.0427. The molecular weight excluding hydrogens is 328 g/mol. The van der Waals surface area contributed by atoms with Gasteiger partial charge in [-0.25, -0.2) is 0 Å². The van der Waals surface area contributed by atoms with Crippen LogP contribution in [0, 0.1) is 5.92 Å². The lowest BCUT2D eigenvalue weighted by Gasteiger charge is -2.22. The summed E-state index contributed by atoms with van der Waals surface area (Å²) in [6.45, 7) is 0. The van der Waals surface area contributed by atoms with Crippen LogP contribution in [0.5, 0.6) is 11.5 Å². The third-order valence-corrected chi connectivity index (χ3v) is 5.10. The molecule has 1 unspecified atom stereocenters. The predicted octanol–water partition coefficient (Wildman–Crippen LogP) is 3.93. The third-order valence-electron chi connectivity index (χ3n) is 5.10. The van der Waals surface area contributed by atoms with E-state index in [0.717, 1.165) is 47.4 Å². The van der Waals surface area contributed by atoms with Gasteiger partial charge in [0.25, 0.3) is 0 Å². The summed E-state index contributed by atoms with van der Waals surface area (Å²) in [6, 6.07) is 13.5. The van der Waals surface area contributed by atoms with Crippen molar-refractivity contribution in [2.75, 3.05) is 19.5 Å². The molecule has 1 aliphatic rings. The maximum absolute atomic E-state index is 12.8. The molecule has 0 bridgehead atoms. The van der Waals surface area contributed by atoms with Crippen LogP contribution in [-0.2, 0) is 17.6 Å². The van der Waals surface area contributed by atoms with Gasteiger partial charge in [0.2, 0.25) is 5.91 Å². The van der Waals surface area contributed by atoms with E-state index in [1.807, 2.05) is 42.5 Å². The molecule has 0 aliphatic heterocycles. The molecule has 0 fully saturated rings. The zero-order chi connectivity index (χ0) is 18.1. The van der Waals surface area contributed by atoms with Gasteiger partial charge in [0, 0.05) is 34.3 Å². The summed E-state index contributed by atoms with van der Waals surface area (Å²) in [5.41, 5.74) is 4.33. The Bertz CT molecular complexity index is 961. The molecule has 1 atom stereocenters. The Morgan fingerprint density at radius 2 is 1.92 bits per heavy atom. The number of rotatable bonds is 4. The Balaban J connectivity index is 1.56. The lowest BCUT2D eigenvalue weighted by Crippen LogP contribution is -2.28. The van der Waals surface area contributed by atoms with E-state index >= 15 is 0 Å². The van der Waals surface area contributed by atoms with Crippen molar-refractivity contribution in [3.63, 3.8) is 0 Å². The highest BCUT2D eigenvalue weighted by Gasteiger charge is 2.27. The number of hydrogen-bond acceptors (Lipinski definition) is 3. The van der Waals surface area contributed by atoms with Gasteiger partial charge in [0.05, 0.1) is 14.2 Å². The number of carbonyl (C=O) groups excluding carboxylic acids is 1. The first-order valence-corrected chi connectivity index (χ1v) is 8.80. The van der Waals surface area contributed by atoms with Crippen LogP contribution in [0.2, 0.25) is 0 Å². The lowest BCUT2D eigenvalue weighted by atomic mass is 9.85. The van der Waals surface area contributed by atoms with Crippen LogP contribution in [0.15, 0.2) is 42.5 Å². The van der Waals surface area contributed by atoms with Crippen molar-refractivity contribution in [3.8, 4) is 11.5 Å². The minimum Gasteiger partial charge on any atom is -0.497 e. The van der Waals surface area contributed by atoms with Crippen molar-refractivity contribution in [1.82, 2.24) is 4.98 Å². The van der Waals surface area contributed by atoms with Crippen molar-refractivity contribution in [3.05, 3.63) is 53.7 Å². The number of carbonyl (C=O) groups is 1. The average molecular weight is 350 g/mol. The quantitative estimate of drug-likeness (QED) is 0.749. The molecule has 2 N–H and O–H groups in total. The maximum Gasteiger partial charge on any atom is 0.227 e. The number of benzene rings is 2. The molecular formula is C21H22N2O3. The van der Waals surface area contributed by atoms with Crippen LogP contribution in [0.3, 0.4) is 0 Å². The Hall–Kier alpha value is -2.95. The molecule has 5 heteroatoms. The van der Waals surface area contributed by atoms with Crippen molar-refractivity contribution in [2.24, 2.45) is 5.92 Å². The fourth-order valence-electron chi connectivity index (χ4n) is 3.69. The topological polar surface area (TPSA) is 63.3 Å². The molecule has 1 aromatic heterocycles. The number of amides is 1. The molecule has 0 radical (unpaired) electrons. The summed E-state index contributed by atoms with van der Waals surface area (Å²) in [5, 5.41) is 4.18. The molecule has 4 rings (SSSR count). The van der Waals surface area contributed by atoms with E-state index in [-0.39, 0.29) is 11.8 Å². The Morgan fingerprint density at radius 1 is 1.12 bits per heavy atom. The predicted molar refractivity (Wildman–Crippen MR) is 102 cm³/mol. The average Bonchev–Trinajstić information content (AvgIpc) is 3.05. The fourth-order valence-corrected chi connectivity index (χ4v) is 3.69. The van der Waals surface area contributed by atoms with Crippen molar-refractivity contribution >= 4 is 22.5 Å². The number of aryl methyl sites for hydroxylation is 1. The van der Waals surface area contributed by atoms with Crippen LogP contribution >= 0.6 is 0 Å². The molecule has 0 saturated heterocycles. The van der Waals surface area contributed by atoms with E-state index in [4.69, 9.17) is 9.47 Å². The van der Waals surface area contributed by atoms with Crippen LogP contribution < -0.4 is 14.8 Å². The first-order chi connectivity index (χ1) is 12.7. The van der Waals surface area contributed by atoms with Gasteiger partial charge in [-0.15, -0.1) is 0 Å². The maximum atomic E-state index is 12.8. The van der Waals surface area contributed by atoms with Crippen LogP contribution in [0.4, 0.5) is 5.69 Å². The molecule has 1 heterocycles. The summed E-state index contributed by atoms with van der Waals surface area (Å²) in [6.07, 6.45) is 2.45. The number of aromatic nitrogens is 1. The summed E-state index contributed by atoms with van der Waals surface area (Å²) >= 11 is 0. The number of H-pyrrole nitrogens is 1. The number of methoxy groups -OCH3 is 2. The van der Waals surface area contributed by atoms with Gasteiger partial charge in [-0.05, 0) is 55.2 Å². The van der Waals surface area contributed by atoms with Gasteiger partial charge >= 0.3 is 0 Å². The highest BCUT2D eigenvalue weighted by molar-refractivity contribution is 5.94. The van der Waals surface area contributed by atoms with Crippen molar-refractivity contribution in [2.45, 2.75) is 19.3 Å². The van der Waals surface area contributed by atoms with Gasteiger partial charge in [0.15, 0.2) is 0 Å². The van der Waals surface area contributed by atoms with Gasteiger partial charge in [-0.2, -0.15) is 0 Å². The standard InChI is InChI=1S/C21H22N2O3/c1-25-15-5-3-4-14(11-15)22-21(24)13-6-8-19-17(10-13)18-12-16(26-2)7-9-20(18)23-19/h3-5,7,9,11-13,23H,6,8,10H2,1-2H3,(H,22,24). The second-order valence-corrected chi connectivity index (χ2v) is 6.65. The van der Waals surface area contributed by atoms with E-state index < -0.39 is 0 Å². The molecule has 3 aromatic rings. The Morgan fingerprint density at radius 3 is 2.73 bits per heavy atom. The van der Waals surface area contributed by atoms with E-state index in [1.165, 1.54) is 11.3 Å². The summed E-state index contributed by atoms with van der Waals surface area (Å²) in [4.78, 5) is 16.3. The number of hydrogen-bond donors (Lipinski definition) is 2. The third kappa shape index (κ3) is 3.01. The molecule has 5 nitrogen and oxygen atoms in total. The second kappa shape index (κ2) is 6.75. The van der Waals surface area contributed by atoms with Crippen LogP contribution in [0.1, 0.15) is 17.7 Å². The van der Waals surface area contributed by atoms with Gasteiger partial charge in [0.1, 0.15) is 11.5 Å². The first kappa shape index (κ1) is 16.5. The fraction of sp³-hybridized carbons (Fsp3) is 0.286. The van der Waals surface area contributed by atoms with Crippen LogP contribution in [0.25, 0.3) is 10.9 Å². The molecule has 1 aliphatic carbocycles. The number of ether oxygens (including phenoxy) is 2. The summed E-state index contributed by atoms with van der Waals surface area (Å²) < 4.78 is 10.6. The molecule has 0 spiro atoms. The van der Waals surface area contributed by atoms with Crippen LogP contribution in [-0.4, -0.2) is 25.1 Å². The minimum atomic E-state index is -0.0427. The number of aromatic amines is 1. The zero-order valence-electron chi connectivity index (χ0n) is 15.0. The second-order valence-electron chi connectivity index (χ2n) is 6.65. The monoisotopic (exact) mass is 350 g/mol. The van der Waals surface area contributed by atoms with Gasteiger partial charge in [-0.3, -0.25) is 4.79 Å². The highest BCUT2D eigenvalue weighted by Crippen LogP contribution is 2.34. The lowest BCUT2D eigenvalue weighted by molar-refractivity contribution is -0.120. The van der Waals surface area contributed by atoms with Crippen molar-refractivity contribution < 1.29 is 14.3 Å². The largest absolute Gasteiger partial charge is 0.497 e.